The van der Waals surface area contributed by atoms with Gasteiger partial charge in [0.2, 0.25) is 5.91 Å². The number of rotatable bonds is 2. The van der Waals surface area contributed by atoms with Crippen LogP contribution >= 0.6 is 0 Å². The number of aromatic nitrogens is 1. The van der Waals surface area contributed by atoms with Crippen LogP contribution in [0.5, 0.6) is 0 Å². The Morgan fingerprint density at radius 3 is 2.88 bits per heavy atom. The molecule has 0 unspecified atom stereocenters. The molecule has 1 amide bonds. The number of fused-ring (bicyclic) bond motifs is 1. The van der Waals surface area contributed by atoms with Crippen molar-refractivity contribution >= 4 is 22.4 Å². The molecule has 0 aliphatic rings. The lowest BCUT2D eigenvalue weighted by Crippen LogP contribution is -2.21. The minimum Gasteiger partial charge on any atom is -0.273 e. The average Bonchev–Trinajstić information content (AvgIpc) is 2.30. The highest BCUT2D eigenvalue weighted by atomic mass is 16.3. The number of hydrogen-bond donors (Lipinski definition) is 0. The number of carbonyl (C=O) groups excluding carboxylic acids is 1. The number of nitrogens with zero attached hydrogens (tertiary/aromatic N) is 3. The van der Waals surface area contributed by atoms with Crippen molar-refractivity contribution in [3.8, 4) is 0 Å². The largest absolute Gasteiger partial charge is 0.273 e. The number of pyridine rings is 1. The molecule has 0 fully saturated rings. The topological polar surface area (TPSA) is 62.6 Å². The summed E-state index contributed by atoms with van der Waals surface area (Å²) in [6, 6.07) is 7.11. The van der Waals surface area contributed by atoms with Crippen molar-refractivity contribution < 1.29 is 4.79 Å². The highest BCUT2D eigenvalue weighted by Crippen LogP contribution is 2.26. The maximum atomic E-state index is 11.2. The molecule has 5 nitrogen and oxygen atoms in total. The second kappa shape index (κ2) is 4.06. The standard InChI is InChI=1S/C11H9N3O2/c1-8(15)14(13-16)11-4-2-3-9-5-6-12-7-10(9)11/h2-7H,1H3. The molecule has 0 aliphatic heterocycles. The van der Waals surface area contributed by atoms with Gasteiger partial charge in [0, 0.05) is 24.7 Å². The van der Waals surface area contributed by atoms with Crippen molar-refractivity contribution in [2.24, 2.45) is 5.29 Å². The molecule has 2 rings (SSSR count). The molecule has 0 N–H and O–H groups in total. The molecule has 16 heavy (non-hydrogen) atoms. The number of carbonyl (C=O) groups is 1. The molecule has 5 heteroatoms. The van der Waals surface area contributed by atoms with Crippen LogP contribution in [0.3, 0.4) is 0 Å². The molecular formula is C11H9N3O2. The van der Waals surface area contributed by atoms with Crippen molar-refractivity contribution in [1.29, 1.82) is 0 Å². The molecule has 0 saturated heterocycles. The van der Waals surface area contributed by atoms with E-state index in [2.05, 4.69) is 10.3 Å². The lowest BCUT2D eigenvalue weighted by Gasteiger charge is -2.12. The van der Waals surface area contributed by atoms with Crippen LogP contribution in [0.25, 0.3) is 10.8 Å². The van der Waals surface area contributed by atoms with E-state index in [0.29, 0.717) is 5.69 Å². The minimum absolute atomic E-state index is 0.425. The van der Waals surface area contributed by atoms with E-state index in [0.717, 1.165) is 15.8 Å². The molecule has 0 aliphatic carbocycles. The van der Waals surface area contributed by atoms with Crippen molar-refractivity contribution in [2.45, 2.75) is 6.92 Å². The van der Waals surface area contributed by atoms with Gasteiger partial charge in [0.1, 0.15) is 0 Å². The van der Waals surface area contributed by atoms with Gasteiger partial charge in [0.05, 0.1) is 11.0 Å². The molecule has 0 saturated carbocycles. The van der Waals surface area contributed by atoms with Gasteiger partial charge in [0.15, 0.2) is 0 Å². The van der Waals surface area contributed by atoms with Gasteiger partial charge in [-0.05, 0) is 17.5 Å². The van der Waals surface area contributed by atoms with Crippen molar-refractivity contribution in [2.75, 3.05) is 5.01 Å². The first kappa shape index (κ1) is 10.2. The smallest absolute Gasteiger partial charge is 0.246 e. The highest BCUT2D eigenvalue weighted by Gasteiger charge is 2.14. The fourth-order valence-corrected chi connectivity index (χ4v) is 1.55. The predicted octanol–water partition coefficient (Wildman–Crippen LogP) is 2.27. The molecule has 80 valence electrons. The van der Waals surface area contributed by atoms with Crippen LogP contribution < -0.4 is 5.01 Å². The van der Waals surface area contributed by atoms with Crippen LogP contribution in [-0.2, 0) is 4.79 Å². The number of hydrogen-bond acceptors (Lipinski definition) is 4. The molecule has 1 aromatic heterocycles. The van der Waals surface area contributed by atoms with Gasteiger partial charge < -0.3 is 0 Å². The fraction of sp³-hybridized carbons (Fsp3) is 0.0909. The average molecular weight is 215 g/mol. The Balaban J connectivity index is 2.68. The fourth-order valence-electron chi connectivity index (χ4n) is 1.55. The van der Waals surface area contributed by atoms with E-state index in [-0.39, 0.29) is 0 Å². The normalized spacial score (nSPS) is 10.1. The van der Waals surface area contributed by atoms with Crippen LogP contribution in [0.15, 0.2) is 41.9 Å². The summed E-state index contributed by atoms with van der Waals surface area (Å²) in [4.78, 5) is 25.8. The Hall–Kier alpha value is -2.30. The molecular weight excluding hydrogens is 206 g/mol. The quantitative estimate of drug-likeness (QED) is 0.570. The number of amides is 1. The van der Waals surface area contributed by atoms with Crippen LogP contribution in [0.4, 0.5) is 5.69 Å². The van der Waals surface area contributed by atoms with Gasteiger partial charge in [-0.3, -0.25) is 9.78 Å². The number of nitroso groups, excluding NO2 is 1. The SMILES string of the molecule is CC(=O)N(N=O)c1cccc2ccncc12. The molecule has 0 radical (unpaired) electrons. The van der Waals surface area contributed by atoms with Crippen molar-refractivity contribution in [3.05, 3.63) is 41.6 Å². The number of benzene rings is 1. The van der Waals surface area contributed by atoms with E-state index in [1.807, 2.05) is 12.1 Å². The van der Waals surface area contributed by atoms with Gasteiger partial charge in [0.25, 0.3) is 0 Å². The third kappa shape index (κ3) is 1.63. The van der Waals surface area contributed by atoms with Gasteiger partial charge in [-0.15, -0.1) is 4.91 Å². The molecule has 1 heterocycles. The van der Waals surface area contributed by atoms with E-state index in [9.17, 15) is 9.70 Å². The Bertz CT molecular complexity index is 548. The van der Waals surface area contributed by atoms with Gasteiger partial charge in [-0.1, -0.05) is 12.1 Å². The summed E-state index contributed by atoms with van der Waals surface area (Å²) >= 11 is 0. The lowest BCUT2D eigenvalue weighted by atomic mass is 10.1. The van der Waals surface area contributed by atoms with Gasteiger partial charge in [-0.2, -0.15) is 5.01 Å². The van der Waals surface area contributed by atoms with Crippen LogP contribution in [0, 0.1) is 4.91 Å². The Kier molecular flexibility index (Phi) is 2.59. The van der Waals surface area contributed by atoms with E-state index in [1.54, 1.807) is 24.5 Å². The van der Waals surface area contributed by atoms with E-state index >= 15 is 0 Å². The van der Waals surface area contributed by atoms with Crippen LogP contribution in [0.1, 0.15) is 6.92 Å². The second-order valence-electron chi connectivity index (χ2n) is 3.29. The summed E-state index contributed by atoms with van der Waals surface area (Å²) < 4.78 is 0. The third-order valence-corrected chi connectivity index (χ3v) is 2.27. The Labute approximate surface area is 91.6 Å². The third-order valence-electron chi connectivity index (χ3n) is 2.27. The first-order valence-corrected chi connectivity index (χ1v) is 4.71. The first-order valence-electron chi connectivity index (χ1n) is 4.71. The Morgan fingerprint density at radius 2 is 2.19 bits per heavy atom. The molecule has 0 spiro atoms. The zero-order valence-electron chi connectivity index (χ0n) is 8.62. The number of anilines is 1. The minimum atomic E-state index is -0.425. The maximum absolute atomic E-state index is 11.2. The zero-order chi connectivity index (χ0) is 11.5. The van der Waals surface area contributed by atoms with E-state index in [1.165, 1.54) is 6.92 Å². The van der Waals surface area contributed by atoms with Crippen LogP contribution in [0.2, 0.25) is 0 Å². The van der Waals surface area contributed by atoms with E-state index in [4.69, 9.17) is 0 Å². The molecule has 0 bridgehead atoms. The second-order valence-corrected chi connectivity index (χ2v) is 3.29. The van der Waals surface area contributed by atoms with Gasteiger partial charge >= 0.3 is 0 Å². The highest BCUT2D eigenvalue weighted by molar-refractivity contribution is 6.02. The summed E-state index contributed by atoms with van der Waals surface area (Å²) in [6.45, 7) is 1.29. The lowest BCUT2D eigenvalue weighted by molar-refractivity contribution is -0.116. The summed E-state index contributed by atoms with van der Waals surface area (Å²) in [5.41, 5.74) is 0.452. The monoisotopic (exact) mass is 215 g/mol. The van der Waals surface area contributed by atoms with E-state index < -0.39 is 5.91 Å². The summed E-state index contributed by atoms with van der Waals surface area (Å²) in [5.74, 6) is -0.425. The predicted molar refractivity (Wildman–Crippen MR) is 60.7 cm³/mol. The summed E-state index contributed by atoms with van der Waals surface area (Å²) in [7, 11) is 0. The van der Waals surface area contributed by atoms with Gasteiger partial charge in [-0.25, -0.2) is 0 Å². The zero-order valence-corrected chi connectivity index (χ0v) is 8.62. The maximum Gasteiger partial charge on any atom is 0.246 e. The molecule has 2 aromatic rings. The first-order chi connectivity index (χ1) is 7.74. The Morgan fingerprint density at radius 1 is 1.38 bits per heavy atom. The summed E-state index contributed by atoms with van der Waals surface area (Å²) in [5, 5.41) is 5.16. The van der Waals surface area contributed by atoms with Crippen LogP contribution in [-0.4, -0.2) is 10.9 Å². The summed E-state index contributed by atoms with van der Waals surface area (Å²) in [6.07, 6.45) is 3.25. The molecule has 0 atom stereocenters. The van der Waals surface area contributed by atoms with Crippen molar-refractivity contribution in [1.82, 2.24) is 4.98 Å². The molecule has 1 aromatic carbocycles. The van der Waals surface area contributed by atoms with Crippen molar-refractivity contribution in [3.63, 3.8) is 0 Å².